The third-order valence-electron chi connectivity index (χ3n) is 4.49. The quantitative estimate of drug-likeness (QED) is 0.932. The molecule has 0 aromatic carbocycles. The SMILES string of the molecule is CCc1c(C(=O)N2CCC(NC)CC2)cnn1-c1ccccn1. The Morgan fingerprint density at radius 2 is 2.13 bits per heavy atom. The van der Waals surface area contributed by atoms with Crippen LogP contribution in [0.2, 0.25) is 0 Å². The summed E-state index contributed by atoms with van der Waals surface area (Å²) >= 11 is 0. The van der Waals surface area contributed by atoms with Gasteiger partial charge in [-0.3, -0.25) is 4.79 Å². The second kappa shape index (κ2) is 6.91. The Morgan fingerprint density at radius 3 is 2.74 bits per heavy atom. The number of hydrogen-bond acceptors (Lipinski definition) is 4. The number of nitrogens with one attached hydrogen (secondary N) is 1. The fraction of sp³-hybridized carbons (Fsp3) is 0.471. The number of pyridine rings is 1. The number of piperidine rings is 1. The van der Waals surface area contributed by atoms with Crippen LogP contribution < -0.4 is 5.32 Å². The maximum absolute atomic E-state index is 12.9. The van der Waals surface area contributed by atoms with Crippen molar-refractivity contribution in [3.05, 3.63) is 41.9 Å². The molecule has 1 aliphatic rings. The van der Waals surface area contributed by atoms with Crippen molar-refractivity contribution in [1.82, 2.24) is 25.0 Å². The predicted molar refractivity (Wildman–Crippen MR) is 88.7 cm³/mol. The molecule has 0 spiro atoms. The van der Waals surface area contributed by atoms with Gasteiger partial charge in [0.15, 0.2) is 5.82 Å². The smallest absolute Gasteiger partial charge is 0.257 e. The average Bonchev–Trinajstić information content (AvgIpc) is 3.06. The van der Waals surface area contributed by atoms with E-state index in [1.54, 1.807) is 17.1 Å². The number of rotatable bonds is 4. The molecule has 122 valence electrons. The second-order valence-electron chi connectivity index (χ2n) is 5.81. The molecule has 1 N–H and O–H groups in total. The Balaban J connectivity index is 1.83. The number of likely N-dealkylation sites (tertiary alicyclic amines) is 1. The maximum Gasteiger partial charge on any atom is 0.257 e. The van der Waals surface area contributed by atoms with Gasteiger partial charge in [-0.2, -0.15) is 5.10 Å². The van der Waals surface area contributed by atoms with Gasteiger partial charge in [-0.1, -0.05) is 13.0 Å². The molecule has 0 radical (unpaired) electrons. The van der Waals surface area contributed by atoms with E-state index in [4.69, 9.17) is 0 Å². The molecular weight excluding hydrogens is 290 g/mol. The van der Waals surface area contributed by atoms with Gasteiger partial charge in [-0.15, -0.1) is 0 Å². The van der Waals surface area contributed by atoms with E-state index in [0.717, 1.165) is 43.9 Å². The van der Waals surface area contributed by atoms with E-state index >= 15 is 0 Å². The number of nitrogens with zero attached hydrogens (tertiary/aromatic N) is 4. The lowest BCUT2D eigenvalue weighted by atomic mass is 10.0. The lowest BCUT2D eigenvalue weighted by Gasteiger charge is -2.31. The molecule has 3 heterocycles. The molecule has 23 heavy (non-hydrogen) atoms. The van der Waals surface area contributed by atoms with Gasteiger partial charge in [0.05, 0.1) is 17.5 Å². The number of carbonyl (C=O) groups excluding carboxylic acids is 1. The highest BCUT2D eigenvalue weighted by Crippen LogP contribution is 2.19. The molecule has 1 fully saturated rings. The molecule has 1 aliphatic heterocycles. The number of aromatic nitrogens is 3. The summed E-state index contributed by atoms with van der Waals surface area (Å²) in [5.41, 5.74) is 1.62. The van der Waals surface area contributed by atoms with Gasteiger partial charge in [-0.05, 0) is 38.4 Å². The van der Waals surface area contributed by atoms with Gasteiger partial charge in [-0.25, -0.2) is 9.67 Å². The summed E-state index contributed by atoms with van der Waals surface area (Å²) in [5, 5.41) is 7.69. The minimum Gasteiger partial charge on any atom is -0.338 e. The van der Waals surface area contributed by atoms with Gasteiger partial charge < -0.3 is 10.2 Å². The fourth-order valence-corrected chi connectivity index (χ4v) is 3.11. The summed E-state index contributed by atoms with van der Waals surface area (Å²) in [6.45, 7) is 3.63. The third kappa shape index (κ3) is 3.12. The molecule has 6 heteroatoms. The van der Waals surface area contributed by atoms with Crippen LogP contribution in [-0.4, -0.2) is 51.8 Å². The molecule has 1 saturated heterocycles. The number of hydrogen-bond donors (Lipinski definition) is 1. The van der Waals surface area contributed by atoms with Crippen LogP contribution in [0.4, 0.5) is 0 Å². The Hall–Kier alpha value is -2.21. The van der Waals surface area contributed by atoms with Crippen LogP contribution in [0, 0.1) is 0 Å². The zero-order valence-electron chi connectivity index (χ0n) is 13.7. The molecule has 6 nitrogen and oxygen atoms in total. The van der Waals surface area contributed by atoms with Crippen molar-refractivity contribution in [2.45, 2.75) is 32.2 Å². The van der Waals surface area contributed by atoms with E-state index < -0.39 is 0 Å². The number of carbonyl (C=O) groups is 1. The van der Waals surface area contributed by atoms with Gasteiger partial charge in [0, 0.05) is 25.3 Å². The highest BCUT2D eigenvalue weighted by atomic mass is 16.2. The minimum atomic E-state index is 0.0820. The topological polar surface area (TPSA) is 63.1 Å². The first-order valence-corrected chi connectivity index (χ1v) is 8.19. The molecule has 0 atom stereocenters. The van der Waals surface area contributed by atoms with E-state index in [1.165, 1.54) is 0 Å². The molecule has 0 saturated carbocycles. The maximum atomic E-state index is 12.9. The molecule has 0 aliphatic carbocycles. The summed E-state index contributed by atoms with van der Waals surface area (Å²) in [7, 11) is 1.98. The van der Waals surface area contributed by atoms with Crippen molar-refractivity contribution in [2.75, 3.05) is 20.1 Å². The van der Waals surface area contributed by atoms with Crippen molar-refractivity contribution in [3.63, 3.8) is 0 Å². The summed E-state index contributed by atoms with van der Waals surface area (Å²) in [4.78, 5) is 19.1. The molecule has 3 rings (SSSR count). The van der Waals surface area contributed by atoms with Crippen LogP contribution in [0.1, 0.15) is 35.8 Å². The van der Waals surface area contributed by atoms with Gasteiger partial charge in [0.2, 0.25) is 0 Å². The van der Waals surface area contributed by atoms with Crippen LogP contribution in [0.3, 0.4) is 0 Å². The predicted octanol–water partition coefficient (Wildman–Crippen LogP) is 1.65. The lowest BCUT2D eigenvalue weighted by Crippen LogP contribution is -2.44. The van der Waals surface area contributed by atoms with Crippen molar-refractivity contribution in [1.29, 1.82) is 0 Å². The summed E-state index contributed by atoms with van der Waals surface area (Å²) in [6, 6.07) is 6.21. The molecular formula is C17H23N5O. The average molecular weight is 313 g/mol. The largest absolute Gasteiger partial charge is 0.338 e. The third-order valence-corrected chi connectivity index (χ3v) is 4.49. The lowest BCUT2D eigenvalue weighted by molar-refractivity contribution is 0.0706. The Bertz CT molecular complexity index is 659. The van der Waals surface area contributed by atoms with Crippen LogP contribution in [0.25, 0.3) is 5.82 Å². The van der Waals surface area contributed by atoms with E-state index in [-0.39, 0.29) is 5.91 Å². The van der Waals surface area contributed by atoms with Crippen LogP contribution >= 0.6 is 0 Å². The van der Waals surface area contributed by atoms with Crippen molar-refractivity contribution in [2.24, 2.45) is 0 Å². The monoisotopic (exact) mass is 313 g/mol. The van der Waals surface area contributed by atoms with Crippen LogP contribution in [-0.2, 0) is 6.42 Å². The van der Waals surface area contributed by atoms with Crippen molar-refractivity contribution < 1.29 is 4.79 Å². The van der Waals surface area contributed by atoms with Crippen molar-refractivity contribution in [3.8, 4) is 5.82 Å². The fourth-order valence-electron chi connectivity index (χ4n) is 3.11. The first-order chi connectivity index (χ1) is 11.2. The van der Waals surface area contributed by atoms with Crippen molar-refractivity contribution >= 4 is 5.91 Å². The Labute approximate surface area is 136 Å². The Morgan fingerprint density at radius 1 is 1.35 bits per heavy atom. The summed E-state index contributed by atoms with van der Waals surface area (Å²) in [6.07, 6.45) is 6.15. The standard InChI is InChI=1S/C17H23N5O/c1-3-15-14(12-20-22(15)16-6-4-5-9-19-16)17(23)21-10-7-13(18-2)8-11-21/h4-6,9,12-13,18H,3,7-8,10-11H2,1-2H3. The second-order valence-corrected chi connectivity index (χ2v) is 5.81. The highest BCUT2D eigenvalue weighted by Gasteiger charge is 2.26. The molecule has 2 aromatic rings. The van der Waals surface area contributed by atoms with E-state index in [2.05, 4.69) is 15.4 Å². The summed E-state index contributed by atoms with van der Waals surface area (Å²) in [5.74, 6) is 0.830. The molecule has 2 aromatic heterocycles. The normalized spacial score (nSPS) is 15.8. The van der Waals surface area contributed by atoms with Gasteiger partial charge in [0.25, 0.3) is 5.91 Å². The molecule has 0 unspecified atom stereocenters. The van der Waals surface area contributed by atoms with Crippen LogP contribution in [0.5, 0.6) is 0 Å². The van der Waals surface area contributed by atoms with E-state index in [9.17, 15) is 4.79 Å². The summed E-state index contributed by atoms with van der Waals surface area (Å²) < 4.78 is 1.77. The first kappa shape index (κ1) is 15.7. The molecule has 1 amide bonds. The zero-order chi connectivity index (χ0) is 16.2. The zero-order valence-corrected chi connectivity index (χ0v) is 13.7. The van der Waals surface area contributed by atoms with Gasteiger partial charge >= 0.3 is 0 Å². The van der Waals surface area contributed by atoms with Crippen LogP contribution in [0.15, 0.2) is 30.6 Å². The molecule has 0 bridgehead atoms. The Kier molecular flexibility index (Phi) is 4.71. The van der Waals surface area contributed by atoms with E-state index in [0.29, 0.717) is 11.6 Å². The minimum absolute atomic E-state index is 0.0820. The van der Waals surface area contributed by atoms with Gasteiger partial charge in [0.1, 0.15) is 0 Å². The number of amides is 1. The highest BCUT2D eigenvalue weighted by molar-refractivity contribution is 5.95. The first-order valence-electron chi connectivity index (χ1n) is 8.19. The van der Waals surface area contributed by atoms with E-state index in [1.807, 2.05) is 37.1 Å².